The zero-order valence-electron chi connectivity index (χ0n) is 8.53. The molecule has 16 heavy (non-hydrogen) atoms. The van der Waals surface area contributed by atoms with Crippen LogP contribution in [0, 0.1) is 5.82 Å². The Kier molecular flexibility index (Phi) is 7.90. The van der Waals surface area contributed by atoms with Crippen LogP contribution in [0.25, 0.3) is 0 Å². The van der Waals surface area contributed by atoms with Gasteiger partial charge in [-0.25, -0.2) is 4.39 Å². The molecular formula is C10H13FIO2PS. The van der Waals surface area contributed by atoms with Gasteiger partial charge in [0.1, 0.15) is 5.82 Å². The van der Waals surface area contributed by atoms with Crippen LogP contribution in [0.5, 0.6) is 0 Å². The average molecular weight is 374 g/mol. The molecule has 2 atom stereocenters. The van der Waals surface area contributed by atoms with Crippen molar-refractivity contribution < 1.29 is 14.0 Å². The zero-order valence-corrected chi connectivity index (χ0v) is 12.5. The first kappa shape index (κ1) is 14.6. The number of aliphatic hydroxyl groups is 1. The molecule has 1 rings (SSSR count). The highest BCUT2D eigenvalue weighted by Gasteiger charge is 2.05. The molecule has 0 aliphatic rings. The van der Waals surface area contributed by atoms with Crippen molar-refractivity contribution in [3.05, 3.63) is 30.1 Å². The van der Waals surface area contributed by atoms with E-state index in [4.69, 9.17) is 4.52 Å². The molecule has 2 unspecified atom stereocenters. The number of hydrogen-bond donors (Lipinski definition) is 1. The molecule has 0 aromatic heterocycles. The first-order valence-electron chi connectivity index (χ1n) is 4.76. The minimum absolute atomic E-state index is 0.235. The summed E-state index contributed by atoms with van der Waals surface area (Å²) < 4.78 is 17.8. The molecule has 6 heteroatoms. The van der Waals surface area contributed by atoms with Crippen LogP contribution >= 0.6 is 40.3 Å². The summed E-state index contributed by atoms with van der Waals surface area (Å²) in [5, 5.41) is 9.62. The van der Waals surface area contributed by atoms with Gasteiger partial charge in [0.15, 0.2) is 0 Å². The standard InChI is InChI=1S/C10H13FIO2PS/c11-8-1-3-10(4-2-8)16-7-9(13)5-6-14-15-12/h1-4,9,13,15H,5-7H2. The minimum atomic E-state index is -0.372. The van der Waals surface area contributed by atoms with Crippen LogP contribution in [0.15, 0.2) is 29.2 Å². The molecule has 0 saturated carbocycles. The quantitative estimate of drug-likeness (QED) is 0.342. The molecule has 90 valence electrons. The highest BCUT2D eigenvalue weighted by atomic mass is 127. The number of aliphatic hydroxyl groups excluding tert-OH is 1. The summed E-state index contributed by atoms with van der Waals surface area (Å²) in [6.45, 7) is 1.03. The second-order valence-electron chi connectivity index (χ2n) is 3.13. The van der Waals surface area contributed by atoms with Gasteiger partial charge < -0.3 is 9.63 Å². The lowest BCUT2D eigenvalue weighted by molar-refractivity contribution is 0.166. The fourth-order valence-corrected chi connectivity index (χ4v) is 2.78. The first-order valence-corrected chi connectivity index (χ1v) is 9.77. The van der Waals surface area contributed by atoms with Gasteiger partial charge >= 0.3 is 0 Å². The smallest absolute Gasteiger partial charge is 0.123 e. The Balaban J connectivity index is 2.20. The number of hydrogen-bond acceptors (Lipinski definition) is 3. The molecule has 0 heterocycles. The van der Waals surface area contributed by atoms with Crippen LogP contribution in [0.3, 0.4) is 0 Å². The fourth-order valence-electron chi connectivity index (χ4n) is 1.04. The van der Waals surface area contributed by atoms with E-state index >= 15 is 0 Å². The Morgan fingerprint density at radius 2 is 2.12 bits per heavy atom. The molecule has 0 saturated heterocycles. The third-order valence-electron chi connectivity index (χ3n) is 1.86. The molecule has 0 aliphatic heterocycles. The maximum Gasteiger partial charge on any atom is 0.123 e. The number of thioether (sulfide) groups is 1. The molecular weight excluding hydrogens is 361 g/mol. The SMILES string of the molecule is OC(CCOPI)CSc1ccc(F)cc1. The Labute approximate surface area is 114 Å². The lowest BCUT2D eigenvalue weighted by Gasteiger charge is -2.09. The maximum absolute atomic E-state index is 12.6. The van der Waals surface area contributed by atoms with Gasteiger partial charge in [-0.1, -0.05) is 0 Å². The van der Waals surface area contributed by atoms with Crippen molar-refractivity contribution >= 4 is 40.3 Å². The van der Waals surface area contributed by atoms with E-state index in [2.05, 4.69) is 22.0 Å². The predicted octanol–water partition coefficient (Wildman–Crippen LogP) is 3.63. The predicted molar refractivity (Wildman–Crippen MR) is 76.0 cm³/mol. The van der Waals surface area contributed by atoms with Gasteiger partial charge in [0.2, 0.25) is 0 Å². The molecule has 0 bridgehead atoms. The van der Waals surface area contributed by atoms with Crippen molar-refractivity contribution in [2.24, 2.45) is 0 Å². The number of rotatable bonds is 7. The second-order valence-corrected chi connectivity index (χ2v) is 5.99. The fraction of sp³-hybridized carbons (Fsp3) is 0.400. The summed E-state index contributed by atoms with van der Waals surface area (Å²) in [6, 6.07) is 6.29. The Bertz CT molecular complexity index is 299. The van der Waals surface area contributed by atoms with Gasteiger partial charge in [-0.15, -0.1) is 11.8 Å². The minimum Gasteiger partial charge on any atom is -0.392 e. The van der Waals surface area contributed by atoms with E-state index in [1.165, 1.54) is 23.9 Å². The highest BCUT2D eigenvalue weighted by Crippen LogP contribution is 2.23. The summed E-state index contributed by atoms with van der Waals surface area (Å²) >= 11 is 3.67. The summed E-state index contributed by atoms with van der Waals surface area (Å²) in [4.78, 5) is 0.970. The maximum atomic E-state index is 12.6. The Morgan fingerprint density at radius 3 is 2.75 bits per heavy atom. The van der Waals surface area contributed by atoms with E-state index < -0.39 is 0 Å². The van der Waals surface area contributed by atoms with Gasteiger partial charge in [-0.3, -0.25) is 0 Å². The monoisotopic (exact) mass is 374 g/mol. The van der Waals surface area contributed by atoms with E-state index in [0.717, 1.165) is 4.90 Å². The zero-order chi connectivity index (χ0) is 11.8. The third-order valence-corrected chi connectivity index (χ3v) is 4.27. The molecule has 0 aliphatic carbocycles. The molecule has 0 radical (unpaired) electrons. The van der Waals surface area contributed by atoms with Crippen LogP contribution in [0.2, 0.25) is 0 Å². The summed E-state index contributed by atoms with van der Waals surface area (Å²) in [5.41, 5.74) is 0. The number of halogens is 2. The van der Waals surface area contributed by atoms with Gasteiger partial charge in [0, 0.05) is 10.6 Å². The normalized spacial score (nSPS) is 13.4. The van der Waals surface area contributed by atoms with Crippen LogP contribution in [-0.2, 0) is 4.52 Å². The molecule has 2 nitrogen and oxygen atoms in total. The molecule has 1 aromatic carbocycles. The number of benzene rings is 1. The second kappa shape index (κ2) is 8.64. The largest absolute Gasteiger partial charge is 0.392 e. The summed E-state index contributed by atoms with van der Waals surface area (Å²) in [6.07, 6.45) is 0.271. The van der Waals surface area contributed by atoms with Crippen molar-refractivity contribution in [2.75, 3.05) is 12.4 Å². The Morgan fingerprint density at radius 1 is 1.44 bits per heavy atom. The van der Waals surface area contributed by atoms with Crippen molar-refractivity contribution in [2.45, 2.75) is 17.4 Å². The van der Waals surface area contributed by atoms with Gasteiger partial charge in [-0.05, 0) is 52.7 Å². The van der Waals surface area contributed by atoms with Crippen LogP contribution < -0.4 is 0 Å². The van der Waals surface area contributed by atoms with E-state index in [1.54, 1.807) is 12.1 Å². The first-order chi connectivity index (χ1) is 7.72. The molecule has 0 spiro atoms. The van der Waals surface area contributed by atoms with E-state index in [0.29, 0.717) is 25.2 Å². The van der Waals surface area contributed by atoms with Gasteiger partial charge in [0.05, 0.1) is 19.2 Å². The highest BCUT2D eigenvalue weighted by molar-refractivity contribution is 14.2. The van der Waals surface area contributed by atoms with E-state index in [9.17, 15) is 9.50 Å². The molecule has 1 N–H and O–H groups in total. The van der Waals surface area contributed by atoms with Crippen molar-refractivity contribution in [3.63, 3.8) is 0 Å². The third kappa shape index (κ3) is 6.35. The van der Waals surface area contributed by atoms with Crippen LogP contribution in [0.4, 0.5) is 4.39 Å². The average Bonchev–Trinajstić information content (AvgIpc) is 2.29. The van der Waals surface area contributed by atoms with E-state index in [-0.39, 0.29) is 11.9 Å². The van der Waals surface area contributed by atoms with Crippen molar-refractivity contribution in [3.8, 4) is 0 Å². The van der Waals surface area contributed by atoms with Crippen LogP contribution in [-0.4, -0.2) is 23.6 Å². The van der Waals surface area contributed by atoms with Gasteiger partial charge in [0.25, 0.3) is 0 Å². The van der Waals surface area contributed by atoms with Crippen molar-refractivity contribution in [1.82, 2.24) is 0 Å². The van der Waals surface area contributed by atoms with E-state index in [1.807, 2.05) is 0 Å². The summed E-state index contributed by atoms with van der Waals surface area (Å²) in [7, 11) is 0. The van der Waals surface area contributed by atoms with Crippen molar-refractivity contribution in [1.29, 1.82) is 0 Å². The topological polar surface area (TPSA) is 29.5 Å². The Hall–Kier alpha value is 0.580. The van der Waals surface area contributed by atoms with Crippen LogP contribution in [0.1, 0.15) is 6.42 Å². The van der Waals surface area contributed by atoms with Gasteiger partial charge in [-0.2, -0.15) is 0 Å². The molecule has 0 fully saturated rings. The molecule has 0 amide bonds. The molecule has 1 aromatic rings. The lowest BCUT2D eigenvalue weighted by Crippen LogP contribution is -2.11. The lowest BCUT2D eigenvalue weighted by atomic mass is 10.3. The summed E-state index contributed by atoms with van der Waals surface area (Å²) in [5.74, 6) is 0.376.